The largest absolute Gasteiger partial charge is 0.330 e. The lowest BCUT2D eigenvalue weighted by molar-refractivity contribution is 0.896. The van der Waals surface area contributed by atoms with Gasteiger partial charge in [0.05, 0.1) is 22.6 Å². The van der Waals surface area contributed by atoms with E-state index in [2.05, 4.69) is 92.7 Å². The van der Waals surface area contributed by atoms with Crippen molar-refractivity contribution in [3.8, 4) is 5.00 Å². The Labute approximate surface area is 215 Å². The van der Waals surface area contributed by atoms with Crippen molar-refractivity contribution >= 4 is 78.3 Å². The van der Waals surface area contributed by atoms with E-state index in [1.54, 1.807) is 23.7 Å². The third-order valence-electron chi connectivity index (χ3n) is 8.52. The first-order valence-corrected chi connectivity index (χ1v) is 13.6. The standard InChI is InChI=1S/C32H18N4S/c1-2-4-19(5-3-1)35-21-10-6-17-8-12-23-29-25(17)27(21)28-22(35)11-7-18-9-13-24(30(29)26(18)28)36(23)32-31-20(16-37-32)33-14-15-34-31/h1-8,10-16,21H,9H2. The van der Waals surface area contributed by atoms with E-state index in [-0.39, 0.29) is 6.04 Å². The number of hydrogen-bond donors (Lipinski definition) is 0. The van der Waals surface area contributed by atoms with Gasteiger partial charge in [-0.05, 0) is 58.1 Å². The Hall–Kier alpha value is -4.48. The number of thiophene rings is 1. The molecule has 4 aromatic carbocycles. The second kappa shape index (κ2) is 6.25. The molecule has 0 N–H and O–H groups in total. The Morgan fingerprint density at radius 1 is 0.838 bits per heavy atom. The summed E-state index contributed by atoms with van der Waals surface area (Å²) in [6.07, 6.45) is 11.7. The van der Waals surface area contributed by atoms with Gasteiger partial charge in [0.2, 0.25) is 0 Å². The summed E-state index contributed by atoms with van der Waals surface area (Å²) in [5.41, 5.74) is 9.96. The SMILES string of the molecule is C1=CC2c3c4c(ccc5c4c4c(n(-c6scc7nccnc67)c6ccc1c3c46)=CC5)N2c1ccccc1. The highest BCUT2D eigenvalue weighted by molar-refractivity contribution is 7.14. The summed E-state index contributed by atoms with van der Waals surface area (Å²) in [5, 5.41) is 11.6. The maximum atomic E-state index is 4.75. The highest BCUT2D eigenvalue weighted by atomic mass is 32.1. The van der Waals surface area contributed by atoms with Crippen LogP contribution in [0.1, 0.15) is 22.7 Å². The first-order valence-electron chi connectivity index (χ1n) is 12.7. The van der Waals surface area contributed by atoms with Crippen molar-refractivity contribution in [2.75, 3.05) is 4.90 Å². The first kappa shape index (κ1) is 18.7. The Balaban J connectivity index is 1.44. The normalized spacial score (nSPS) is 16.9. The summed E-state index contributed by atoms with van der Waals surface area (Å²) in [6.45, 7) is 0. The number of rotatable bonds is 2. The summed E-state index contributed by atoms with van der Waals surface area (Å²) in [4.78, 5) is 11.9. The summed E-state index contributed by atoms with van der Waals surface area (Å²) in [5.74, 6) is 0. The Morgan fingerprint density at radius 3 is 2.70 bits per heavy atom. The Morgan fingerprint density at radius 2 is 1.76 bits per heavy atom. The lowest BCUT2D eigenvalue weighted by Crippen LogP contribution is -2.18. The fourth-order valence-electron chi connectivity index (χ4n) is 7.17. The van der Waals surface area contributed by atoms with Crippen LogP contribution in [0.5, 0.6) is 0 Å². The van der Waals surface area contributed by atoms with Crippen molar-refractivity contribution in [3.63, 3.8) is 0 Å². The summed E-state index contributed by atoms with van der Waals surface area (Å²) < 4.78 is 2.46. The number of aromatic nitrogens is 3. The number of nitrogens with zero attached hydrogens (tertiary/aromatic N) is 4. The number of benzene rings is 4. The first-order chi connectivity index (χ1) is 18.4. The molecular formula is C32H18N4S. The second-order valence-corrected chi connectivity index (χ2v) is 11.0. The minimum atomic E-state index is 0.196. The van der Waals surface area contributed by atoms with Gasteiger partial charge in [-0.1, -0.05) is 48.6 Å². The molecule has 172 valence electrons. The van der Waals surface area contributed by atoms with Crippen LogP contribution < -0.4 is 10.2 Å². The summed E-state index contributed by atoms with van der Waals surface area (Å²) >= 11 is 1.74. The topological polar surface area (TPSA) is 34.0 Å². The van der Waals surface area contributed by atoms with E-state index in [4.69, 9.17) is 4.98 Å². The van der Waals surface area contributed by atoms with Crippen LogP contribution in [0.3, 0.4) is 0 Å². The molecule has 3 aliphatic rings. The average Bonchev–Trinajstić information content (AvgIpc) is 3.63. The lowest BCUT2D eigenvalue weighted by Gasteiger charge is -2.28. The molecule has 1 aliphatic heterocycles. The van der Waals surface area contributed by atoms with Crippen LogP contribution in [0.25, 0.3) is 60.6 Å². The highest BCUT2D eigenvalue weighted by Gasteiger charge is 2.38. The molecule has 0 saturated heterocycles. The molecule has 5 heteroatoms. The van der Waals surface area contributed by atoms with Gasteiger partial charge in [0.15, 0.2) is 0 Å². The molecule has 0 fully saturated rings. The predicted molar refractivity (Wildman–Crippen MR) is 153 cm³/mol. The zero-order valence-electron chi connectivity index (χ0n) is 19.6. The van der Waals surface area contributed by atoms with Crippen molar-refractivity contribution < 1.29 is 0 Å². The van der Waals surface area contributed by atoms with Crippen molar-refractivity contribution in [2.45, 2.75) is 12.5 Å². The molecule has 0 bridgehead atoms. The van der Waals surface area contributed by atoms with Crippen molar-refractivity contribution in [2.24, 2.45) is 0 Å². The third kappa shape index (κ3) is 2.06. The van der Waals surface area contributed by atoms with Crippen molar-refractivity contribution in [1.82, 2.24) is 14.5 Å². The van der Waals surface area contributed by atoms with Crippen molar-refractivity contribution in [3.05, 3.63) is 100 Å². The molecule has 0 spiro atoms. The molecule has 0 saturated carbocycles. The Kier molecular flexibility index (Phi) is 3.17. The van der Waals surface area contributed by atoms with Gasteiger partial charge in [-0.25, -0.2) is 4.98 Å². The number of para-hydroxylation sites is 1. The van der Waals surface area contributed by atoms with Crippen LogP contribution in [0, 0.1) is 0 Å². The number of anilines is 2. The quantitative estimate of drug-likeness (QED) is 0.240. The van der Waals surface area contributed by atoms with Crippen LogP contribution in [0.2, 0.25) is 0 Å². The number of hydrogen-bond acceptors (Lipinski definition) is 4. The zero-order valence-corrected chi connectivity index (χ0v) is 20.5. The van der Waals surface area contributed by atoms with Gasteiger partial charge in [-0.2, -0.15) is 0 Å². The van der Waals surface area contributed by atoms with Gasteiger partial charge in [0.25, 0.3) is 0 Å². The Bertz CT molecular complexity index is 2240. The minimum absolute atomic E-state index is 0.196. The average molecular weight is 491 g/mol. The van der Waals surface area contributed by atoms with E-state index >= 15 is 0 Å². The fourth-order valence-corrected chi connectivity index (χ4v) is 8.14. The third-order valence-corrected chi connectivity index (χ3v) is 9.46. The van der Waals surface area contributed by atoms with Gasteiger partial charge in [0, 0.05) is 39.6 Å². The van der Waals surface area contributed by atoms with Crippen LogP contribution in [0.4, 0.5) is 11.4 Å². The van der Waals surface area contributed by atoms with Gasteiger partial charge in [-0.15, -0.1) is 11.3 Å². The molecule has 0 radical (unpaired) electrons. The molecule has 7 aromatic rings. The minimum Gasteiger partial charge on any atom is -0.330 e. The highest BCUT2D eigenvalue weighted by Crippen LogP contribution is 2.56. The molecule has 10 rings (SSSR count). The van der Waals surface area contributed by atoms with E-state index in [1.807, 2.05) is 0 Å². The van der Waals surface area contributed by atoms with Gasteiger partial charge < -0.3 is 4.90 Å². The molecule has 0 amide bonds. The van der Waals surface area contributed by atoms with E-state index < -0.39 is 0 Å². The molecule has 4 nitrogen and oxygen atoms in total. The van der Waals surface area contributed by atoms with Gasteiger partial charge in [-0.3, -0.25) is 9.55 Å². The van der Waals surface area contributed by atoms with Crippen LogP contribution in [-0.2, 0) is 6.42 Å². The lowest BCUT2D eigenvalue weighted by atomic mass is 9.83. The maximum absolute atomic E-state index is 4.75. The van der Waals surface area contributed by atoms with E-state index in [1.165, 1.54) is 65.9 Å². The molecule has 37 heavy (non-hydrogen) atoms. The van der Waals surface area contributed by atoms with Crippen LogP contribution >= 0.6 is 11.3 Å². The molecule has 3 aromatic heterocycles. The van der Waals surface area contributed by atoms with Crippen LogP contribution in [-0.4, -0.2) is 14.5 Å². The second-order valence-electron chi connectivity index (χ2n) is 10.2. The van der Waals surface area contributed by atoms with Gasteiger partial charge >= 0.3 is 0 Å². The van der Waals surface area contributed by atoms with Crippen molar-refractivity contribution in [1.29, 1.82) is 0 Å². The monoisotopic (exact) mass is 490 g/mol. The van der Waals surface area contributed by atoms with E-state index in [0.29, 0.717) is 0 Å². The van der Waals surface area contributed by atoms with Crippen LogP contribution in [0.15, 0.2) is 78.4 Å². The summed E-state index contributed by atoms with van der Waals surface area (Å²) in [6, 6.07) is 20.4. The molecule has 2 aliphatic carbocycles. The zero-order chi connectivity index (χ0) is 23.8. The summed E-state index contributed by atoms with van der Waals surface area (Å²) in [7, 11) is 0. The molecule has 4 heterocycles. The maximum Gasteiger partial charge on any atom is 0.128 e. The predicted octanol–water partition coefficient (Wildman–Crippen LogP) is 7.22. The molecule has 1 atom stereocenters. The fraction of sp³-hybridized carbons (Fsp3) is 0.0625. The molecule has 1 unspecified atom stereocenters. The molecular weight excluding hydrogens is 472 g/mol. The van der Waals surface area contributed by atoms with Gasteiger partial charge in [0.1, 0.15) is 16.0 Å². The smallest absolute Gasteiger partial charge is 0.128 e. The van der Waals surface area contributed by atoms with E-state index in [9.17, 15) is 0 Å². The number of fused-ring (bicyclic) bond motifs is 1. The van der Waals surface area contributed by atoms with E-state index in [0.717, 1.165) is 22.5 Å².